The van der Waals surface area contributed by atoms with Crippen LogP contribution in [0.15, 0.2) is 18.2 Å². The van der Waals surface area contributed by atoms with Crippen LogP contribution in [0.4, 0.5) is 11.4 Å². The zero-order chi connectivity index (χ0) is 15.4. The highest BCUT2D eigenvalue weighted by atomic mass is 16.5. The number of hydrogen-bond acceptors (Lipinski definition) is 3. The first-order valence-corrected chi connectivity index (χ1v) is 7.38. The van der Waals surface area contributed by atoms with Crippen molar-refractivity contribution in [3.63, 3.8) is 0 Å². The number of ether oxygens (including phenoxy) is 1. The van der Waals surface area contributed by atoms with Gasteiger partial charge in [0, 0.05) is 18.7 Å². The molecule has 1 heterocycles. The lowest BCUT2D eigenvalue weighted by molar-refractivity contribution is -0.121. The average Bonchev–Trinajstić information content (AvgIpc) is 2.42. The van der Waals surface area contributed by atoms with Gasteiger partial charge in [-0.05, 0) is 30.5 Å². The minimum atomic E-state index is -0.0479. The quantitative estimate of drug-likeness (QED) is 0.907. The van der Waals surface area contributed by atoms with Crippen molar-refractivity contribution in [3.8, 4) is 5.75 Å². The molecule has 0 aliphatic carbocycles. The summed E-state index contributed by atoms with van der Waals surface area (Å²) >= 11 is 0. The van der Waals surface area contributed by atoms with E-state index in [1.807, 2.05) is 13.0 Å². The topological polar surface area (TPSA) is 58.6 Å². The van der Waals surface area contributed by atoms with Crippen molar-refractivity contribution in [1.82, 2.24) is 0 Å². The molecule has 0 fully saturated rings. The molecule has 1 aromatic carbocycles. The second-order valence-corrected chi connectivity index (χ2v) is 5.67. The molecule has 2 rings (SSSR count). The number of nitrogens with one attached hydrogen (secondary N) is 1. The zero-order valence-corrected chi connectivity index (χ0v) is 12.8. The molecular weight excluding hydrogens is 268 g/mol. The molecule has 0 aromatic heterocycles. The van der Waals surface area contributed by atoms with E-state index in [1.54, 1.807) is 17.0 Å². The maximum absolute atomic E-state index is 12.0. The Hall–Kier alpha value is -2.04. The number of amides is 2. The van der Waals surface area contributed by atoms with Gasteiger partial charge in [-0.1, -0.05) is 20.8 Å². The van der Waals surface area contributed by atoms with Crippen molar-refractivity contribution in [2.24, 2.45) is 5.92 Å². The van der Waals surface area contributed by atoms with E-state index in [1.165, 1.54) is 0 Å². The van der Waals surface area contributed by atoms with Crippen LogP contribution >= 0.6 is 0 Å². The minimum Gasteiger partial charge on any atom is -0.482 e. The minimum absolute atomic E-state index is 0.0177. The van der Waals surface area contributed by atoms with Gasteiger partial charge in [-0.2, -0.15) is 0 Å². The van der Waals surface area contributed by atoms with Crippen LogP contribution < -0.4 is 15.0 Å². The first-order chi connectivity index (χ1) is 10.0. The van der Waals surface area contributed by atoms with Gasteiger partial charge in [0.25, 0.3) is 5.91 Å². The number of carbonyl (C=O) groups excluding carboxylic acids is 2. The van der Waals surface area contributed by atoms with E-state index in [2.05, 4.69) is 19.2 Å². The van der Waals surface area contributed by atoms with Crippen molar-refractivity contribution in [2.45, 2.75) is 33.6 Å². The zero-order valence-electron chi connectivity index (χ0n) is 12.8. The van der Waals surface area contributed by atoms with E-state index in [-0.39, 0.29) is 18.4 Å². The van der Waals surface area contributed by atoms with Crippen molar-refractivity contribution in [3.05, 3.63) is 18.2 Å². The molecule has 5 nitrogen and oxygen atoms in total. The van der Waals surface area contributed by atoms with E-state index in [4.69, 9.17) is 4.74 Å². The lowest BCUT2D eigenvalue weighted by atomic mass is 10.1. The molecule has 114 valence electrons. The second kappa shape index (κ2) is 6.61. The fourth-order valence-electron chi connectivity index (χ4n) is 2.30. The van der Waals surface area contributed by atoms with Gasteiger partial charge in [-0.3, -0.25) is 9.59 Å². The number of nitrogens with zero attached hydrogens (tertiary/aromatic N) is 1. The lowest BCUT2D eigenvalue weighted by Gasteiger charge is -2.31. The Bertz CT molecular complexity index is 540. The Balaban J connectivity index is 2.25. The number of carbonyl (C=O) groups is 2. The van der Waals surface area contributed by atoms with Crippen LogP contribution in [0.1, 0.15) is 33.6 Å². The predicted octanol–water partition coefficient (Wildman–Crippen LogP) is 2.81. The van der Waals surface area contributed by atoms with Crippen LogP contribution in [0.3, 0.4) is 0 Å². The summed E-state index contributed by atoms with van der Waals surface area (Å²) in [5.41, 5.74) is 1.42. The Kier molecular flexibility index (Phi) is 4.83. The number of fused-ring (bicyclic) bond motifs is 1. The van der Waals surface area contributed by atoms with Gasteiger partial charge in [0.05, 0.1) is 5.69 Å². The third-order valence-electron chi connectivity index (χ3n) is 3.21. The third-order valence-corrected chi connectivity index (χ3v) is 3.21. The Labute approximate surface area is 125 Å². The van der Waals surface area contributed by atoms with Gasteiger partial charge in [0.15, 0.2) is 6.61 Å². The fraction of sp³-hybridized carbons (Fsp3) is 0.500. The maximum atomic E-state index is 12.0. The Morgan fingerprint density at radius 3 is 2.86 bits per heavy atom. The molecule has 0 saturated heterocycles. The number of anilines is 2. The number of hydrogen-bond donors (Lipinski definition) is 1. The Morgan fingerprint density at radius 2 is 2.19 bits per heavy atom. The first-order valence-electron chi connectivity index (χ1n) is 7.38. The van der Waals surface area contributed by atoms with Gasteiger partial charge in [-0.15, -0.1) is 0 Å². The van der Waals surface area contributed by atoms with E-state index in [0.717, 1.165) is 12.1 Å². The predicted molar refractivity (Wildman–Crippen MR) is 82.7 cm³/mol. The van der Waals surface area contributed by atoms with Crippen LogP contribution in [0.5, 0.6) is 5.75 Å². The van der Waals surface area contributed by atoms with E-state index in [9.17, 15) is 9.59 Å². The maximum Gasteiger partial charge on any atom is 0.265 e. The normalized spacial score (nSPS) is 13.9. The number of rotatable bonds is 5. The summed E-state index contributed by atoms with van der Waals surface area (Å²) in [5.74, 6) is 0.978. The van der Waals surface area contributed by atoms with Gasteiger partial charge < -0.3 is 15.0 Å². The van der Waals surface area contributed by atoms with E-state index in [0.29, 0.717) is 30.3 Å². The molecule has 1 N–H and O–H groups in total. The molecule has 1 aromatic rings. The smallest absolute Gasteiger partial charge is 0.265 e. The number of benzene rings is 1. The van der Waals surface area contributed by atoms with Gasteiger partial charge in [0.1, 0.15) is 5.75 Å². The van der Waals surface area contributed by atoms with Gasteiger partial charge in [0.2, 0.25) is 5.91 Å². The first kappa shape index (κ1) is 15.4. The van der Waals surface area contributed by atoms with Gasteiger partial charge in [-0.25, -0.2) is 0 Å². The highest BCUT2D eigenvalue weighted by Gasteiger charge is 2.26. The summed E-state index contributed by atoms with van der Waals surface area (Å²) in [5, 5.41) is 2.85. The highest BCUT2D eigenvalue weighted by Crippen LogP contribution is 2.35. The van der Waals surface area contributed by atoms with Crippen molar-refractivity contribution in [2.75, 3.05) is 23.4 Å². The summed E-state index contributed by atoms with van der Waals surface area (Å²) in [4.78, 5) is 25.5. The van der Waals surface area contributed by atoms with E-state index >= 15 is 0 Å². The molecule has 21 heavy (non-hydrogen) atoms. The molecule has 2 amide bonds. The van der Waals surface area contributed by atoms with Gasteiger partial charge >= 0.3 is 0 Å². The average molecular weight is 290 g/mol. The van der Waals surface area contributed by atoms with Crippen LogP contribution in [0.25, 0.3) is 0 Å². The summed E-state index contributed by atoms with van der Waals surface area (Å²) in [7, 11) is 0. The molecule has 0 saturated carbocycles. The largest absolute Gasteiger partial charge is 0.482 e. The third kappa shape index (κ3) is 3.74. The molecule has 0 radical (unpaired) electrons. The highest BCUT2D eigenvalue weighted by molar-refractivity contribution is 5.99. The molecule has 0 bridgehead atoms. The summed E-state index contributed by atoms with van der Waals surface area (Å²) < 4.78 is 5.45. The molecule has 0 unspecified atom stereocenters. The molecular formula is C16H22N2O3. The SMILES string of the molecule is CCCC(=O)Nc1ccc2c(c1)N(CC(C)C)C(=O)CO2. The summed E-state index contributed by atoms with van der Waals surface area (Å²) in [6, 6.07) is 5.41. The molecule has 1 aliphatic rings. The van der Waals surface area contributed by atoms with Crippen LogP contribution in [0, 0.1) is 5.92 Å². The van der Waals surface area contributed by atoms with Crippen molar-refractivity contribution < 1.29 is 14.3 Å². The van der Waals surface area contributed by atoms with E-state index < -0.39 is 0 Å². The van der Waals surface area contributed by atoms with Crippen LogP contribution in [-0.2, 0) is 9.59 Å². The van der Waals surface area contributed by atoms with Crippen molar-refractivity contribution in [1.29, 1.82) is 0 Å². The van der Waals surface area contributed by atoms with Crippen molar-refractivity contribution >= 4 is 23.2 Å². The second-order valence-electron chi connectivity index (χ2n) is 5.67. The fourth-order valence-corrected chi connectivity index (χ4v) is 2.30. The standard InChI is InChI=1S/C16H22N2O3/c1-4-5-15(19)17-12-6-7-14-13(8-12)18(9-11(2)3)16(20)10-21-14/h6-8,11H,4-5,9-10H2,1-3H3,(H,17,19). The molecule has 5 heteroatoms. The monoisotopic (exact) mass is 290 g/mol. The van der Waals surface area contributed by atoms with Crippen LogP contribution in [0.2, 0.25) is 0 Å². The molecule has 0 atom stereocenters. The summed E-state index contributed by atoms with van der Waals surface area (Å²) in [6.07, 6.45) is 1.29. The molecule has 0 spiro atoms. The molecule has 1 aliphatic heterocycles. The van der Waals surface area contributed by atoms with Crippen LogP contribution in [-0.4, -0.2) is 25.0 Å². The summed E-state index contributed by atoms with van der Waals surface area (Å²) in [6.45, 7) is 6.80. The lowest BCUT2D eigenvalue weighted by Crippen LogP contribution is -2.41. The Morgan fingerprint density at radius 1 is 1.43 bits per heavy atom.